The number of aromatic nitrogens is 3. The first-order valence-electron chi connectivity index (χ1n) is 7.31. The second-order valence-electron chi connectivity index (χ2n) is 5.45. The van der Waals surface area contributed by atoms with Gasteiger partial charge in [-0.25, -0.2) is 4.68 Å². The Labute approximate surface area is 124 Å². The minimum atomic E-state index is 0.439. The molecule has 0 radical (unpaired) electrons. The summed E-state index contributed by atoms with van der Waals surface area (Å²) >= 11 is 0. The van der Waals surface area contributed by atoms with Gasteiger partial charge in [0.15, 0.2) is 5.69 Å². The quantitative estimate of drug-likeness (QED) is 0.846. The first kappa shape index (κ1) is 13.6. The van der Waals surface area contributed by atoms with E-state index in [1.807, 2.05) is 35.9 Å². The van der Waals surface area contributed by atoms with Gasteiger partial charge in [0.25, 0.3) is 0 Å². The van der Waals surface area contributed by atoms with E-state index in [2.05, 4.69) is 16.4 Å². The normalized spacial score (nSPS) is 14.5. The van der Waals surface area contributed by atoms with Gasteiger partial charge >= 0.3 is 0 Å². The van der Waals surface area contributed by atoms with E-state index in [1.54, 1.807) is 0 Å². The molecule has 1 aliphatic carbocycles. The van der Waals surface area contributed by atoms with Gasteiger partial charge in [0.1, 0.15) is 18.4 Å². The van der Waals surface area contributed by atoms with Crippen LogP contribution in [-0.2, 0) is 6.54 Å². The van der Waals surface area contributed by atoms with Gasteiger partial charge in [-0.3, -0.25) is 0 Å². The minimum absolute atomic E-state index is 0.439. The van der Waals surface area contributed by atoms with Gasteiger partial charge in [-0.2, -0.15) is 5.26 Å². The third-order valence-corrected chi connectivity index (χ3v) is 3.96. The van der Waals surface area contributed by atoms with E-state index >= 15 is 0 Å². The van der Waals surface area contributed by atoms with Crippen LogP contribution in [0.3, 0.4) is 0 Å². The number of ether oxygens (including phenoxy) is 1. The Morgan fingerprint density at radius 1 is 1.33 bits per heavy atom. The van der Waals surface area contributed by atoms with Gasteiger partial charge in [-0.1, -0.05) is 29.3 Å². The van der Waals surface area contributed by atoms with Crippen LogP contribution < -0.4 is 4.74 Å². The summed E-state index contributed by atoms with van der Waals surface area (Å²) in [7, 11) is 0. The van der Waals surface area contributed by atoms with Crippen LogP contribution >= 0.6 is 0 Å². The summed E-state index contributed by atoms with van der Waals surface area (Å²) in [5.74, 6) is 1.29. The van der Waals surface area contributed by atoms with Crippen LogP contribution in [0.25, 0.3) is 0 Å². The maximum Gasteiger partial charge on any atom is 0.186 e. The zero-order valence-corrected chi connectivity index (χ0v) is 12.1. The van der Waals surface area contributed by atoms with Crippen molar-refractivity contribution < 1.29 is 4.74 Å². The van der Waals surface area contributed by atoms with Crippen molar-refractivity contribution in [2.45, 2.75) is 38.6 Å². The fraction of sp³-hybridized carbons (Fsp3) is 0.438. The van der Waals surface area contributed by atoms with Gasteiger partial charge in [-0.05, 0) is 31.9 Å². The van der Waals surface area contributed by atoms with E-state index in [4.69, 9.17) is 10.00 Å². The highest BCUT2D eigenvalue weighted by molar-refractivity contribution is 5.29. The molecule has 1 fully saturated rings. The lowest BCUT2D eigenvalue weighted by Gasteiger charge is -2.25. The molecule has 3 rings (SSSR count). The van der Waals surface area contributed by atoms with Gasteiger partial charge in [0.2, 0.25) is 0 Å². The summed E-state index contributed by atoms with van der Waals surface area (Å²) in [6.45, 7) is 3.19. The van der Waals surface area contributed by atoms with Crippen molar-refractivity contribution in [2.75, 3.05) is 6.61 Å². The maximum atomic E-state index is 9.13. The Morgan fingerprint density at radius 3 is 2.71 bits per heavy atom. The lowest BCUT2D eigenvalue weighted by Crippen LogP contribution is -2.19. The number of hydrogen-bond acceptors (Lipinski definition) is 4. The number of nitrogens with zero attached hydrogens (tertiary/aromatic N) is 4. The van der Waals surface area contributed by atoms with Crippen molar-refractivity contribution in [3.05, 3.63) is 41.2 Å². The predicted octanol–water partition coefficient (Wildman–Crippen LogP) is 2.80. The third kappa shape index (κ3) is 2.89. The molecular weight excluding hydrogens is 264 g/mol. The molecule has 1 aliphatic rings. The molecular formula is C16H18N4O. The number of benzene rings is 1. The smallest absolute Gasteiger partial charge is 0.186 e. The Morgan fingerprint density at radius 2 is 2.10 bits per heavy atom. The zero-order valence-electron chi connectivity index (χ0n) is 12.1. The summed E-state index contributed by atoms with van der Waals surface area (Å²) < 4.78 is 7.55. The minimum Gasteiger partial charge on any atom is -0.492 e. The van der Waals surface area contributed by atoms with Gasteiger partial charge < -0.3 is 4.74 Å². The van der Waals surface area contributed by atoms with Crippen LogP contribution in [0.5, 0.6) is 5.75 Å². The van der Waals surface area contributed by atoms with Crippen LogP contribution in [0.1, 0.15) is 42.1 Å². The highest BCUT2D eigenvalue weighted by Crippen LogP contribution is 2.37. The van der Waals surface area contributed by atoms with Crippen LogP contribution in [0.4, 0.5) is 0 Å². The lowest BCUT2D eigenvalue weighted by molar-refractivity contribution is 0.281. The first-order valence-corrected chi connectivity index (χ1v) is 7.31. The monoisotopic (exact) mass is 282 g/mol. The van der Waals surface area contributed by atoms with E-state index in [0.29, 0.717) is 24.8 Å². The molecule has 2 aromatic rings. The van der Waals surface area contributed by atoms with E-state index < -0.39 is 0 Å². The predicted molar refractivity (Wildman–Crippen MR) is 78.0 cm³/mol. The van der Waals surface area contributed by atoms with Gasteiger partial charge in [0.05, 0.1) is 12.2 Å². The maximum absolute atomic E-state index is 9.13. The molecule has 108 valence electrons. The Hall–Kier alpha value is -2.35. The van der Waals surface area contributed by atoms with Crippen molar-refractivity contribution in [3.8, 4) is 11.8 Å². The molecule has 1 saturated carbocycles. The lowest BCUT2D eigenvalue weighted by atomic mass is 9.82. The molecule has 0 bridgehead atoms. The van der Waals surface area contributed by atoms with Crippen molar-refractivity contribution in [2.24, 2.45) is 0 Å². The fourth-order valence-corrected chi connectivity index (χ4v) is 2.54. The molecule has 5 heteroatoms. The topological polar surface area (TPSA) is 63.7 Å². The molecule has 0 amide bonds. The second kappa shape index (κ2) is 5.96. The van der Waals surface area contributed by atoms with Crippen molar-refractivity contribution in [1.29, 1.82) is 5.26 Å². The molecule has 0 aliphatic heterocycles. The first-order chi connectivity index (χ1) is 10.3. The summed E-state index contributed by atoms with van der Waals surface area (Å²) in [6.07, 6.45) is 3.47. The van der Waals surface area contributed by atoms with Crippen molar-refractivity contribution >= 4 is 0 Å². The van der Waals surface area contributed by atoms with Crippen LogP contribution in [0, 0.1) is 18.3 Å². The van der Waals surface area contributed by atoms with Crippen LogP contribution in [0.15, 0.2) is 24.3 Å². The second-order valence-corrected chi connectivity index (χ2v) is 5.45. The largest absolute Gasteiger partial charge is 0.492 e. The zero-order chi connectivity index (χ0) is 14.7. The fourth-order valence-electron chi connectivity index (χ4n) is 2.54. The molecule has 0 N–H and O–H groups in total. The standard InChI is InChI=1S/C16H18N4O/c1-12-5-7-14(8-6-12)21-10-9-20-16(13-3-2-4-13)15(11-17)18-19-20/h5-8,13H,2-4,9-10H2,1H3. The average Bonchev–Trinajstić information content (AvgIpc) is 2.82. The summed E-state index contributed by atoms with van der Waals surface area (Å²) in [6, 6.07) is 10.1. The molecule has 5 nitrogen and oxygen atoms in total. The Kier molecular flexibility index (Phi) is 3.87. The third-order valence-electron chi connectivity index (χ3n) is 3.96. The average molecular weight is 282 g/mol. The molecule has 1 aromatic carbocycles. The number of aryl methyl sites for hydroxylation is 1. The highest BCUT2D eigenvalue weighted by atomic mass is 16.5. The van der Waals surface area contributed by atoms with E-state index in [1.165, 1.54) is 12.0 Å². The van der Waals surface area contributed by atoms with Crippen molar-refractivity contribution in [3.63, 3.8) is 0 Å². The molecule has 1 heterocycles. The van der Waals surface area contributed by atoms with E-state index in [-0.39, 0.29) is 0 Å². The molecule has 0 saturated heterocycles. The van der Waals surface area contributed by atoms with E-state index in [9.17, 15) is 0 Å². The Bertz CT molecular complexity index is 650. The summed E-state index contributed by atoms with van der Waals surface area (Å²) in [5, 5.41) is 17.2. The van der Waals surface area contributed by atoms with Crippen LogP contribution in [-0.4, -0.2) is 21.6 Å². The van der Waals surface area contributed by atoms with Crippen LogP contribution in [0.2, 0.25) is 0 Å². The SMILES string of the molecule is Cc1ccc(OCCn2nnc(C#N)c2C2CCC2)cc1. The molecule has 21 heavy (non-hydrogen) atoms. The number of rotatable bonds is 5. The van der Waals surface area contributed by atoms with Gasteiger partial charge in [-0.15, -0.1) is 5.10 Å². The van der Waals surface area contributed by atoms with Crippen molar-refractivity contribution in [1.82, 2.24) is 15.0 Å². The summed E-state index contributed by atoms with van der Waals surface area (Å²) in [4.78, 5) is 0. The highest BCUT2D eigenvalue weighted by Gasteiger charge is 2.27. The molecule has 0 unspecified atom stereocenters. The summed E-state index contributed by atoms with van der Waals surface area (Å²) in [5.41, 5.74) is 2.66. The number of nitriles is 1. The Balaban J connectivity index is 1.64. The van der Waals surface area contributed by atoms with Gasteiger partial charge in [0, 0.05) is 5.92 Å². The van der Waals surface area contributed by atoms with E-state index in [0.717, 1.165) is 24.3 Å². The number of hydrogen-bond donors (Lipinski definition) is 0. The molecule has 0 spiro atoms. The molecule has 0 atom stereocenters. The molecule has 1 aromatic heterocycles.